The molecule has 3 aromatic carbocycles. The molecule has 152 valence electrons. The lowest BCUT2D eigenvalue weighted by molar-refractivity contribution is -0.146. The molecule has 0 saturated heterocycles. The van der Waals surface area contributed by atoms with E-state index in [-0.39, 0.29) is 12.7 Å². The predicted molar refractivity (Wildman–Crippen MR) is 108 cm³/mol. The highest BCUT2D eigenvalue weighted by Crippen LogP contribution is 2.50. The van der Waals surface area contributed by atoms with Gasteiger partial charge in [-0.25, -0.2) is 0 Å². The van der Waals surface area contributed by atoms with Gasteiger partial charge in [-0.2, -0.15) is 0 Å². The highest BCUT2D eigenvalue weighted by atomic mass is 16.7. The van der Waals surface area contributed by atoms with Gasteiger partial charge in [-0.15, -0.1) is 0 Å². The molecular weight excluding hydrogens is 384 g/mol. The highest BCUT2D eigenvalue weighted by Gasteiger charge is 2.44. The Hall–Kier alpha value is -3.67. The third-order valence-corrected chi connectivity index (χ3v) is 5.68. The van der Waals surface area contributed by atoms with Crippen molar-refractivity contribution < 1.29 is 28.8 Å². The van der Waals surface area contributed by atoms with Crippen molar-refractivity contribution in [2.75, 3.05) is 13.9 Å². The number of carboxylic acids is 1. The number of benzene rings is 3. The van der Waals surface area contributed by atoms with Crippen molar-refractivity contribution in [3.63, 3.8) is 0 Å². The zero-order valence-corrected chi connectivity index (χ0v) is 16.3. The lowest BCUT2D eigenvalue weighted by atomic mass is 9.74. The summed E-state index contributed by atoms with van der Waals surface area (Å²) in [5.41, 5.74) is 2.48. The summed E-state index contributed by atoms with van der Waals surface area (Å²) >= 11 is 0. The number of hydrogen-bond donors (Lipinski definition) is 1. The number of rotatable bonds is 4. The van der Waals surface area contributed by atoms with Gasteiger partial charge in [-0.3, -0.25) is 4.79 Å². The maximum Gasteiger partial charge on any atom is 0.311 e. The van der Waals surface area contributed by atoms with Gasteiger partial charge in [0.2, 0.25) is 6.79 Å². The van der Waals surface area contributed by atoms with Crippen LogP contribution in [0, 0.1) is 5.92 Å². The smallest absolute Gasteiger partial charge is 0.311 e. The van der Waals surface area contributed by atoms with Crippen LogP contribution in [0.15, 0.2) is 66.7 Å². The SMILES string of the molecule is COc1ccc(C2c3ccccc3OC(c3ccc4c(c3)OCO4)C2C(=O)O)cc1. The van der Waals surface area contributed by atoms with Crippen molar-refractivity contribution in [1.82, 2.24) is 0 Å². The van der Waals surface area contributed by atoms with Crippen molar-refractivity contribution >= 4 is 5.97 Å². The maximum absolute atomic E-state index is 12.5. The number of hydrogen-bond acceptors (Lipinski definition) is 5. The Morgan fingerprint density at radius 1 is 0.933 bits per heavy atom. The molecule has 6 nitrogen and oxygen atoms in total. The van der Waals surface area contributed by atoms with Gasteiger partial charge in [0.05, 0.1) is 7.11 Å². The molecule has 0 aliphatic carbocycles. The van der Waals surface area contributed by atoms with E-state index in [4.69, 9.17) is 18.9 Å². The number of aliphatic carboxylic acids is 1. The molecule has 0 amide bonds. The quantitative estimate of drug-likeness (QED) is 0.695. The summed E-state index contributed by atoms with van der Waals surface area (Å²) in [6.07, 6.45) is -0.681. The third-order valence-electron chi connectivity index (χ3n) is 5.68. The minimum absolute atomic E-state index is 0.157. The molecule has 0 fully saturated rings. The zero-order valence-electron chi connectivity index (χ0n) is 16.3. The van der Waals surface area contributed by atoms with Gasteiger partial charge in [0.1, 0.15) is 23.5 Å². The van der Waals surface area contributed by atoms with E-state index in [0.29, 0.717) is 17.2 Å². The number of fused-ring (bicyclic) bond motifs is 2. The first-order chi connectivity index (χ1) is 14.7. The second kappa shape index (κ2) is 7.30. The van der Waals surface area contributed by atoms with Gasteiger partial charge in [-0.05, 0) is 41.5 Å². The van der Waals surface area contributed by atoms with E-state index in [1.165, 1.54) is 0 Å². The Kier molecular flexibility index (Phi) is 4.47. The Morgan fingerprint density at radius 3 is 2.43 bits per heavy atom. The summed E-state index contributed by atoms with van der Waals surface area (Å²) in [6.45, 7) is 0.157. The molecule has 6 heteroatoms. The number of ether oxygens (including phenoxy) is 4. The third kappa shape index (κ3) is 3.01. The summed E-state index contributed by atoms with van der Waals surface area (Å²) in [4.78, 5) is 12.5. The summed E-state index contributed by atoms with van der Waals surface area (Å²) in [7, 11) is 1.61. The second-order valence-corrected chi connectivity index (χ2v) is 7.30. The van der Waals surface area contributed by atoms with Crippen molar-refractivity contribution in [3.05, 3.63) is 83.4 Å². The van der Waals surface area contributed by atoms with Gasteiger partial charge in [-0.1, -0.05) is 36.4 Å². The first-order valence-corrected chi connectivity index (χ1v) is 9.67. The molecule has 0 spiro atoms. The first-order valence-electron chi connectivity index (χ1n) is 9.67. The zero-order chi connectivity index (χ0) is 20.7. The fourth-order valence-electron chi connectivity index (χ4n) is 4.26. The molecule has 3 atom stereocenters. The molecule has 0 aromatic heterocycles. The summed E-state index contributed by atoms with van der Waals surface area (Å²) in [5, 5.41) is 10.3. The van der Waals surface area contributed by atoms with E-state index in [1.54, 1.807) is 13.2 Å². The van der Waals surface area contributed by atoms with Crippen molar-refractivity contribution in [1.29, 1.82) is 0 Å². The Bertz CT molecular complexity index is 1090. The Labute approximate surface area is 173 Å². The molecule has 5 rings (SSSR count). The molecule has 2 heterocycles. The average molecular weight is 404 g/mol. The number of carboxylic acid groups (broad SMARTS) is 1. The number of carbonyl (C=O) groups is 1. The number of para-hydroxylation sites is 1. The lowest BCUT2D eigenvalue weighted by Crippen LogP contribution is -2.36. The minimum Gasteiger partial charge on any atom is -0.497 e. The van der Waals surface area contributed by atoms with Crippen LogP contribution in [-0.2, 0) is 4.79 Å². The van der Waals surface area contributed by atoms with Crippen LogP contribution in [0.5, 0.6) is 23.0 Å². The Balaban J connectivity index is 1.64. The van der Waals surface area contributed by atoms with Gasteiger partial charge >= 0.3 is 5.97 Å². The average Bonchev–Trinajstić information content (AvgIpc) is 3.25. The molecule has 1 N–H and O–H groups in total. The normalized spacial score (nSPS) is 21.4. The van der Waals surface area contributed by atoms with Gasteiger partial charge in [0, 0.05) is 11.5 Å². The van der Waals surface area contributed by atoms with E-state index in [0.717, 1.165) is 22.4 Å². The first kappa shape index (κ1) is 18.4. The van der Waals surface area contributed by atoms with Crippen LogP contribution in [0.1, 0.15) is 28.7 Å². The van der Waals surface area contributed by atoms with Crippen LogP contribution in [0.3, 0.4) is 0 Å². The van der Waals surface area contributed by atoms with Gasteiger partial charge in [0.15, 0.2) is 11.5 Å². The number of methoxy groups -OCH3 is 1. The van der Waals surface area contributed by atoms with E-state index >= 15 is 0 Å². The fourth-order valence-corrected chi connectivity index (χ4v) is 4.26. The van der Waals surface area contributed by atoms with Crippen molar-refractivity contribution in [2.45, 2.75) is 12.0 Å². The molecule has 0 bridgehead atoms. The summed E-state index contributed by atoms with van der Waals surface area (Å²) in [6, 6.07) is 20.6. The molecular formula is C24H20O6. The van der Waals surface area contributed by atoms with E-state index < -0.39 is 18.0 Å². The van der Waals surface area contributed by atoms with Crippen LogP contribution in [0.4, 0.5) is 0 Å². The fraction of sp³-hybridized carbons (Fsp3) is 0.208. The molecule has 30 heavy (non-hydrogen) atoms. The monoisotopic (exact) mass is 404 g/mol. The van der Waals surface area contributed by atoms with Crippen LogP contribution >= 0.6 is 0 Å². The second-order valence-electron chi connectivity index (χ2n) is 7.30. The van der Waals surface area contributed by atoms with Crippen molar-refractivity contribution in [3.8, 4) is 23.0 Å². The molecule has 0 radical (unpaired) electrons. The van der Waals surface area contributed by atoms with Crippen LogP contribution in [-0.4, -0.2) is 25.0 Å². The van der Waals surface area contributed by atoms with Gasteiger partial charge < -0.3 is 24.1 Å². The lowest BCUT2D eigenvalue weighted by Gasteiger charge is -2.38. The van der Waals surface area contributed by atoms with Crippen LogP contribution in [0.25, 0.3) is 0 Å². The molecule has 0 saturated carbocycles. The van der Waals surface area contributed by atoms with Crippen LogP contribution in [0.2, 0.25) is 0 Å². The predicted octanol–water partition coefficient (Wildman–Crippen LogP) is 4.39. The van der Waals surface area contributed by atoms with E-state index in [2.05, 4.69) is 0 Å². The molecule has 2 aliphatic rings. The Morgan fingerprint density at radius 2 is 1.67 bits per heavy atom. The van der Waals surface area contributed by atoms with E-state index in [1.807, 2.05) is 60.7 Å². The van der Waals surface area contributed by atoms with Crippen LogP contribution < -0.4 is 18.9 Å². The largest absolute Gasteiger partial charge is 0.497 e. The standard InChI is InChI=1S/C24H20O6/c1-27-16-9-6-14(7-10-16)21-17-4-2-3-5-18(17)30-23(22(21)24(25)26)15-8-11-19-20(12-15)29-13-28-19/h2-12,21-23H,13H2,1H3,(H,25,26). The van der Waals surface area contributed by atoms with E-state index in [9.17, 15) is 9.90 Å². The maximum atomic E-state index is 12.5. The molecule has 3 aromatic rings. The molecule has 3 unspecified atom stereocenters. The molecule has 2 aliphatic heterocycles. The van der Waals surface area contributed by atoms with Gasteiger partial charge in [0.25, 0.3) is 0 Å². The van der Waals surface area contributed by atoms with Crippen molar-refractivity contribution in [2.24, 2.45) is 5.92 Å². The highest BCUT2D eigenvalue weighted by molar-refractivity contribution is 5.75. The summed E-state index contributed by atoms with van der Waals surface area (Å²) in [5.74, 6) is 0.515. The minimum atomic E-state index is -0.923. The topological polar surface area (TPSA) is 74.2 Å². The summed E-state index contributed by atoms with van der Waals surface area (Å²) < 4.78 is 22.4.